The van der Waals surface area contributed by atoms with Gasteiger partial charge in [0.15, 0.2) is 0 Å². The van der Waals surface area contributed by atoms with Crippen LogP contribution in [0.5, 0.6) is 0 Å². The smallest absolute Gasteiger partial charge is 0 e. The fourth-order valence-electron chi connectivity index (χ4n) is 1.18. The summed E-state index contributed by atoms with van der Waals surface area (Å²) >= 11 is 0. The minimum atomic E-state index is 0. The Balaban J connectivity index is 0.000000205. The summed E-state index contributed by atoms with van der Waals surface area (Å²) in [6.07, 6.45) is 28.5. The summed E-state index contributed by atoms with van der Waals surface area (Å²) in [6, 6.07) is 0. The predicted octanol–water partition coefficient (Wildman–Crippen LogP) is 4.51. The maximum Gasteiger partial charge on any atom is 0 e. The third-order valence-electron chi connectivity index (χ3n) is 1.97. The summed E-state index contributed by atoms with van der Waals surface area (Å²) in [5.41, 5.74) is 0. The Morgan fingerprint density at radius 3 is 0.625 bits per heavy atom. The summed E-state index contributed by atoms with van der Waals surface area (Å²) < 4.78 is 0. The number of hydrogen-bond acceptors (Lipinski definition) is 0. The molecule has 0 saturated carbocycles. The van der Waals surface area contributed by atoms with Gasteiger partial charge in [0.2, 0.25) is 0 Å². The van der Waals surface area contributed by atoms with Crippen molar-refractivity contribution in [1.29, 1.82) is 0 Å². The van der Waals surface area contributed by atoms with Gasteiger partial charge >= 0.3 is 0 Å². The number of rotatable bonds is 0. The van der Waals surface area contributed by atoms with Gasteiger partial charge in [-0.3, -0.25) is 0 Å². The molecule has 0 aliphatic heterocycles. The monoisotopic (exact) mass is 350 g/mol. The van der Waals surface area contributed by atoms with E-state index in [1.165, 1.54) is 0 Å². The molecular weight excluding hydrogens is 331 g/mol. The van der Waals surface area contributed by atoms with Crippen LogP contribution in [0.4, 0.5) is 0 Å². The quantitative estimate of drug-likeness (QED) is 0.604. The Hall–Kier alpha value is -0.222. The Kier molecular flexibility index (Phi) is 12.7. The van der Waals surface area contributed by atoms with Gasteiger partial charge in [-0.1, -0.05) is 72.9 Å². The Morgan fingerprint density at radius 2 is 0.562 bits per heavy atom. The first-order valence-corrected chi connectivity index (χ1v) is 5.45. The topological polar surface area (TPSA) is 0 Å². The van der Waals surface area contributed by atoms with Gasteiger partial charge in [0.1, 0.15) is 0 Å². The Morgan fingerprint density at radius 1 is 0.375 bits per heavy atom. The molecule has 0 unspecified atom stereocenters. The van der Waals surface area contributed by atoms with Crippen LogP contribution in [0.3, 0.4) is 0 Å². The number of hydrogen-bond donors (Lipinski definition) is 0. The molecule has 0 aromatic rings. The fraction of sp³-hybridized carbons (Fsp3) is 0.200. The second-order valence-electron chi connectivity index (χ2n) is 3.28. The molecule has 0 amide bonds. The molecule has 0 atom stereocenters. The van der Waals surface area contributed by atoms with Crippen molar-refractivity contribution in [1.82, 2.24) is 0 Å². The molecule has 0 bridgehead atoms. The van der Waals surface area contributed by atoms with E-state index >= 15 is 0 Å². The van der Waals surface area contributed by atoms with Crippen LogP contribution < -0.4 is 0 Å². The maximum atomic E-state index is 2.12. The summed E-state index contributed by atoms with van der Waals surface area (Å²) in [5.74, 6) is 0. The zero-order valence-electron chi connectivity index (χ0n) is 9.46. The normalized spacial score (nSPS) is 16.5. The van der Waals surface area contributed by atoms with Crippen LogP contribution in [0.15, 0.2) is 72.9 Å². The minimum Gasteiger partial charge on any atom is -0.0808 e. The predicted molar refractivity (Wildman–Crippen MR) is 68.7 cm³/mol. The summed E-state index contributed by atoms with van der Waals surface area (Å²) in [5, 5.41) is 0. The summed E-state index contributed by atoms with van der Waals surface area (Å²) in [7, 11) is 0. The molecule has 0 aromatic carbocycles. The Labute approximate surface area is 131 Å². The first-order chi connectivity index (χ1) is 7.50. The first-order valence-electron chi connectivity index (χ1n) is 5.45. The van der Waals surface area contributed by atoms with Crippen molar-refractivity contribution < 1.29 is 40.4 Å². The second kappa shape index (κ2) is 12.8. The van der Waals surface area contributed by atoms with E-state index in [0.717, 1.165) is 19.3 Å². The zero-order valence-corrected chi connectivity index (χ0v) is 12.1. The molecule has 3 rings (SSSR count). The van der Waals surface area contributed by atoms with Crippen LogP contribution in [0.25, 0.3) is 0 Å². The molecule has 84 valence electrons. The van der Waals surface area contributed by atoms with E-state index < -0.39 is 0 Å². The molecule has 0 heterocycles. The van der Waals surface area contributed by atoms with Gasteiger partial charge < -0.3 is 0 Å². The van der Waals surface area contributed by atoms with Crippen molar-refractivity contribution in [3.8, 4) is 0 Å². The Bertz CT molecular complexity index is 232. The van der Waals surface area contributed by atoms with Crippen LogP contribution in [0.1, 0.15) is 19.3 Å². The van der Waals surface area contributed by atoms with E-state index in [-0.39, 0.29) is 40.4 Å². The SMILES string of the molecule is C1=CCC=C1.C1=CCC=C1.C1=CCC=C1.[Sm]. The minimum absolute atomic E-state index is 0. The third-order valence-corrected chi connectivity index (χ3v) is 1.97. The van der Waals surface area contributed by atoms with E-state index in [2.05, 4.69) is 72.9 Å². The van der Waals surface area contributed by atoms with Crippen molar-refractivity contribution in [3.63, 3.8) is 0 Å². The summed E-state index contributed by atoms with van der Waals surface area (Å²) in [4.78, 5) is 0. The van der Waals surface area contributed by atoms with E-state index in [4.69, 9.17) is 0 Å². The molecule has 3 aliphatic carbocycles. The maximum absolute atomic E-state index is 2.12. The van der Waals surface area contributed by atoms with Crippen LogP contribution >= 0.6 is 0 Å². The van der Waals surface area contributed by atoms with E-state index in [1.54, 1.807) is 0 Å². The molecular formula is C15H18Sm. The van der Waals surface area contributed by atoms with Crippen molar-refractivity contribution in [3.05, 3.63) is 72.9 Å². The molecule has 16 heavy (non-hydrogen) atoms. The molecule has 0 saturated heterocycles. The van der Waals surface area contributed by atoms with Gasteiger partial charge in [-0.2, -0.15) is 0 Å². The molecule has 0 aromatic heterocycles. The van der Waals surface area contributed by atoms with Gasteiger partial charge in [-0.25, -0.2) is 0 Å². The van der Waals surface area contributed by atoms with Crippen molar-refractivity contribution in [2.24, 2.45) is 0 Å². The molecule has 0 N–H and O–H groups in total. The van der Waals surface area contributed by atoms with Gasteiger partial charge in [0, 0.05) is 40.4 Å². The average Bonchev–Trinajstić information content (AvgIpc) is 3.09. The zero-order chi connectivity index (χ0) is 10.6. The second-order valence-corrected chi connectivity index (χ2v) is 3.28. The van der Waals surface area contributed by atoms with Gasteiger partial charge in [-0.15, -0.1) is 0 Å². The molecule has 0 fully saturated rings. The van der Waals surface area contributed by atoms with Crippen molar-refractivity contribution in [2.75, 3.05) is 0 Å². The van der Waals surface area contributed by atoms with Crippen molar-refractivity contribution >= 4 is 0 Å². The number of allylic oxidation sites excluding steroid dienone is 12. The van der Waals surface area contributed by atoms with Gasteiger partial charge in [0.25, 0.3) is 0 Å². The van der Waals surface area contributed by atoms with E-state index in [0.29, 0.717) is 0 Å². The van der Waals surface area contributed by atoms with E-state index in [9.17, 15) is 0 Å². The van der Waals surface area contributed by atoms with Crippen LogP contribution in [-0.4, -0.2) is 0 Å². The largest absolute Gasteiger partial charge is 0.0808 e. The molecule has 0 spiro atoms. The molecule has 0 radical (unpaired) electrons. The standard InChI is InChI=1S/3C5H6.Sm/c3*1-2-4-5-3-1;/h3*1-4H,5H2;. The van der Waals surface area contributed by atoms with Crippen LogP contribution in [-0.2, 0) is 0 Å². The summed E-state index contributed by atoms with van der Waals surface area (Å²) in [6.45, 7) is 0. The van der Waals surface area contributed by atoms with Crippen LogP contribution in [0, 0.1) is 40.4 Å². The first kappa shape index (κ1) is 15.8. The van der Waals surface area contributed by atoms with Crippen molar-refractivity contribution in [2.45, 2.75) is 19.3 Å². The molecule has 3 aliphatic rings. The van der Waals surface area contributed by atoms with Gasteiger partial charge in [-0.05, 0) is 19.3 Å². The molecule has 1 heteroatoms. The molecule has 0 nitrogen and oxygen atoms in total. The average molecular weight is 349 g/mol. The fourth-order valence-corrected chi connectivity index (χ4v) is 1.18. The third kappa shape index (κ3) is 10.3. The van der Waals surface area contributed by atoms with Gasteiger partial charge in [0.05, 0.1) is 0 Å². The van der Waals surface area contributed by atoms with Crippen LogP contribution in [0.2, 0.25) is 0 Å². The van der Waals surface area contributed by atoms with E-state index in [1.807, 2.05) is 0 Å².